The first-order valence-electron chi connectivity index (χ1n) is 7.16. The number of hydrogen-bond acceptors (Lipinski definition) is 7. The van der Waals surface area contributed by atoms with Crippen LogP contribution < -0.4 is 0 Å². The number of aliphatic hydroxyl groups excluding tert-OH is 2. The smallest absolute Gasteiger partial charge is 0.310 e. The van der Waals surface area contributed by atoms with Crippen LogP contribution in [0.5, 0.6) is 0 Å². The lowest BCUT2D eigenvalue weighted by Crippen LogP contribution is -2.24. The Balaban J connectivity index is 5.52. The van der Waals surface area contributed by atoms with Crippen LogP contribution in [0.3, 0.4) is 0 Å². The minimum Gasteiger partial charge on any atom is -0.460 e. The highest BCUT2D eigenvalue weighted by molar-refractivity contribution is 5.78. The maximum Gasteiger partial charge on any atom is 0.310 e. The van der Waals surface area contributed by atoms with Crippen LogP contribution in [0.2, 0.25) is 0 Å². The Morgan fingerprint density at radius 1 is 1.00 bits per heavy atom. The van der Waals surface area contributed by atoms with Gasteiger partial charge in [0, 0.05) is 0 Å². The normalized spacial score (nSPS) is 14.6. The molecule has 0 aromatic heterocycles. The van der Waals surface area contributed by atoms with Crippen molar-refractivity contribution >= 4 is 12.3 Å². The molecule has 0 fully saturated rings. The molecule has 7 heteroatoms. The number of rotatable bonds is 7. The van der Waals surface area contributed by atoms with Gasteiger partial charge in [0.1, 0.15) is 11.9 Å². The molecule has 23 heavy (non-hydrogen) atoms. The molecule has 132 valence electrons. The largest absolute Gasteiger partial charge is 0.460 e. The maximum atomic E-state index is 11.9. The summed E-state index contributed by atoms with van der Waals surface area (Å²) in [6.45, 7) is 7.88. The number of aliphatic hydroxyl groups is 4. The van der Waals surface area contributed by atoms with Crippen molar-refractivity contribution in [1.82, 2.24) is 0 Å². The van der Waals surface area contributed by atoms with Gasteiger partial charge < -0.3 is 25.2 Å². The number of hydrogen-bond donors (Lipinski definition) is 4. The number of ether oxygens (including phenoxy) is 1. The van der Waals surface area contributed by atoms with E-state index in [1.807, 2.05) is 0 Å². The van der Waals surface area contributed by atoms with Gasteiger partial charge in [0.05, 0.1) is 6.42 Å². The van der Waals surface area contributed by atoms with Crippen LogP contribution in [-0.2, 0) is 14.3 Å². The quantitative estimate of drug-likeness (QED) is 0.177. The Hall–Kier alpha value is -1.54. The van der Waals surface area contributed by atoms with Crippen LogP contribution >= 0.6 is 0 Å². The molecular weight excluding hydrogens is 304 g/mol. The first kappa shape index (κ1) is 21.5. The topological polar surface area (TPSA) is 124 Å². The van der Waals surface area contributed by atoms with Crippen LogP contribution in [0.1, 0.15) is 47.5 Å². The molecule has 0 aliphatic carbocycles. The second-order valence-corrected chi connectivity index (χ2v) is 6.30. The van der Waals surface area contributed by atoms with Gasteiger partial charge in [-0.15, -0.1) is 0 Å². The van der Waals surface area contributed by atoms with Gasteiger partial charge in [0.15, 0.2) is 12.6 Å². The van der Waals surface area contributed by atoms with E-state index < -0.39 is 24.2 Å². The van der Waals surface area contributed by atoms with Gasteiger partial charge >= 0.3 is 5.97 Å². The van der Waals surface area contributed by atoms with E-state index in [9.17, 15) is 19.8 Å². The third kappa shape index (κ3) is 8.03. The lowest BCUT2D eigenvalue weighted by atomic mass is 9.95. The van der Waals surface area contributed by atoms with Crippen molar-refractivity contribution in [3.05, 3.63) is 22.3 Å². The zero-order valence-corrected chi connectivity index (χ0v) is 14.2. The predicted molar refractivity (Wildman–Crippen MR) is 83.0 cm³/mol. The van der Waals surface area contributed by atoms with Gasteiger partial charge in [0.2, 0.25) is 0 Å². The van der Waals surface area contributed by atoms with E-state index in [0.29, 0.717) is 6.29 Å². The molecule has 0 aromatic rings. The van der Waals surface area contributed by atoms with Gasteiger partial charge in [0.25, 0.3) is 0 Å². The highest BCUT2D eigenvalue weighted by Crippen LogP contribution is 2.24. The van der Waals surface area contributed by atoms with Crippen molar-refractivity contribution in [2.45, 2.75) is 65.6 Å². The zero-order valence-electron chi connectivity index (χ0n) is 14.2. The summed E-state index contributed by atoms with van der Waals surface area (Å²) in [5, 5.41) is 36.9. The van der Waals surface area contributed by atoms with Crippen LogP contribution in [0.25, 0.3) is 0 Å². The van der Waals surface area contributed by atoms with Crippen molar-refractivity contribution in [3.8, 4) is 0 Å². The number of aldehydes is 1. The lowest BCUT2D eigenvalue weighted by molar-refractivity contribution is -0.154. The summed E-state index contributed by atoms with van der Waals surface area (Å²) in [5.41, 5.74) is -0.235. The summed E-state index contributed by atoms with van der Waals surface area (Å²) >= 11 is 0. The van der Waals surface area contributed by atoms with E-state index in [1.54, 1.807) is 20.8 Å². The first-order valence-corrected chi connectivity index (χ1v) is 7.16. The van der Waals surface area contributed by atoms with Crippen molar-refractivity contribution in [2.24, 2.45) is 0 Å². The van der Waals surface area contributed by atoms with Crippen molar-refractivity contribution < 1.29 is 34.8 Å². The van der Waals surface area contributed by atoms with Crippen LogP contribution in [0, 0.1) is 0 Å². The van der Waals surface area contributed by atoms with Crippen LogP contribution in [0.4, 0.5) is 0 Å². The van der Waals surface area contributed by atoms with Gasteiger partial charge in [-0.1, -0.05) is 5.57 Å². The minimum atomic E-state index is -1.81. The molecule has 4 N–H and O–H groups in total. The summed E-state index contributed by atoms with van der Waals surface area (Å²) in [5.74, 6) is -0.583. The van der Waals surface area contributed by atoms with E-state index in [4.69, 9.17) is 14.9 Å². The van der Waals surface area contributed by atoms with Crippen molar-refractivity contribution in [1.29, 1.82) is 0 Å². The molecule has 0 amide bonds. The molecule has 0 rings (SSSR count). The molecule has 0 aromatic carbocycles. The highest BCUT2D eigenvalue weighted by atomic mass is 16.6. The number of carbonyl (C=O) groups excluding carboxylic acids is 2. The molecule has 0 aliphatic rings. The molecule has 7 nitrogen and oxygen atoms in total. The van der Waals surface area contributed by atoms with Gasteiger partial charge in [-0.3, -0.25) is 9.59 Å². The standard InChI is InChI=1S/C16H26O7/c1-9(14(19)20)11(7-13(18)23-16(3,4)5)6-12(8-17)10(2)15(21)22/h8,14-15,19-22H,6-7H2,1-5H3. The molecule has 0 radical (unpaired) electrons. The molecule has 0 unspecified atom stereocenters. The predicted octanol–water partition coefficient (Wildman–Crippen LogP) is 0.562. The average molecular weight is 330 g/mol. The van der Waals surface area contributed by atoms with Crippen LogP contribution in [-0.4, -0.2) is 50.9 Å². The molecule has 0 saturated carbocycles. The molecular formula is C16H26O7. The molecule has 0 bridgehead atoms. The van der Waals surface area contributed by atoms with E-state index in [0.717, 1.165) is 0 Å². The minimum absolute atomic E-state index is 0.0296. The zero-order chi connectivity index (χ0) is 18.4. The molecule has 0 saturated heterocycles. The Bertz CT molecular complexity index is 493. The summed E-state index contributed by atoms with van der Waals surface area (Å²) in [4.78, 5) is 23.1. The Morgan fingerprint density at radius 3 is 1.83 bits per heavy atom. The first-order chi connectivity index (χ1) is 10.4. The fourth-order valence-corrected chi connectivity index (χ4v) is 1.75. The monoisotopic (exact) mass is 330 g/mol. The summed E-state index contributed by atoms with van der Waals surface area (Å²) in [6.07, 6.45) is -3.51. The summed E-state index contributed by atoms with van der Waals surface area (Å²) in [6, 6.07) is 0. The number of carbonyl (C=O) groups is 2. The molecule has 0 spiro atoms. The Morgan fingerprint density at radius 2 is 1.48 bits per heavy atom. The summed E-state index contributed by atoms with van der Waals surface area (Å²) < 4.78 is 5.18. The van der Waals surface area contributed by atoms with E-state index in [1.165, 1.54) is 13.8 Å². The fourth-order valence-electron chi connectivity index (χ4n) is 1.75. The summed E-state index contributed by atoms with van der Waals surface area (Å²) in [7, 11) is 0. The van der Waals surface area contributed by atoms with Crippen LogP contribution in [0.15, 0.2) is 22.3 Å². The van der Waals surface area contributed by atoms with E-state index >= 15 is 0 Å². The molecule has 0 atom stereocenters. The molecule has 0 aliphatic heterocycles. The molecule has 0 heterocycles. The number of esters is 1. The maximum absolute atomic E-state index is 11.9. The Labute approximate surface area is 135 Å². The number of allylic oxidation sites excluding steroid dienone is 1. The highest BCUT2D eigenvalue weighted by Gasteiger charge is 2.21. The Kier molecular flexibility index (Phi) is 8.33. The fraction of sp³-hybridized carbons (Fsp3) is 0.625. The second-order valence-electron chi connectivity index (χ2n) is 6.30. The second kappa shape index (κ2) is 8.93. The van der Waals surface area contributed by atoms with E-state index in [2.05, 4.69) is 0 Å². The van der Waals surface area contributed by atoms with Gasteiger partial charge in [-0.05, 0) is 57.8 Å². The third-order valence-corrected chi connectivity index (χ3v) is 3.16. The average Bonchev–Trinajstić information content (AvgIpc) is 2.39. The lowest BCUT2D eigenvalue weighted by Gasteiger charge is -2.21. The van der Waals surface area contributed by atoms with E-state index in [-0.39, 0.29) is 35.1 Å². The van der Waals surface area contributed by atoms with Gasteiger partial charge in [-0.2, -0.15) is 0 Å². The SMILES string of the molecule is CC(=C(C=O)CC(CC(=O)OC(C)(C)C)=C(C)C(O)O)C(O)O. The third-order valence-electron chi connectivity index (χ3n) is 3.16. The van der Waals surface area contributed by atoms with Crippen molar-refractivity contribution in [3.63, 3.8) is 0 Å². The van der Waals surface area contributed by atoms with Gasteiger partial charge in [-0.25, -0.2) is 0 Å². The van der Waals surface area contributed by atoms with Crippen molar-refractivity contribution in [2.75, 3.05) is 0 Å².